The van der Waals surface area contributed by atoms with Crippen molar-refractivity contribution in [2.24, 2.45) is 0 Å². The number of rotatable bonds is 3. The number of benzene rings is 1. The van der Waals surface area contributed by atoms with Crippen LogP contribution in [0.15, 0.2) is 65.6 Å². The maximum Gasteiger partial charge on any atom is 0.312 e. The van der Waals surface area contributed by atoms with Crippen LogP contribution < -0.4 is 0 Å². The van der Waals surface area contributed by atoms with Crippen LogP contribution in [0.1, 0.15) is 39.4 Å². The minimum Gasteiger partial charge on any atom is -0.411 e. The van der Waals surface area contributed by atoms with Gasteiger partial charge in [-0.15, -0.1) is 10.2 Å². The number of amides is 1. The average Bonchev–Trinajstić information content (AvgIpc) is 3.53. The van der Waals surface area contributed by atoms with Gasteiger partial charge in [-0.05, 0) is 30.0 Å². The molecule has 5 aromatic rings. The molecule has 5 heterocycles. The Kier molecular flexibility index (Phi) is 4.46. The van der Waals surface area contributed by atoms with E-state index < -0.39 is 6.04 Å². The van der Waals surface area contributed by atoms with Gasteiger partial charge in [0.15, 0.2) is 0 Å². The first-order valence-electron chi connectivity index (χ1n) is 10.6. The van der Waals surface area contributed by atoms with Crippen molar-refractivity contribution in [1.29, 1.82) is 0 Å². The van der Waals surface area contributed by atoms with Crippen molar-refractivity contribution in [3.8, 4) is 11.6 Å². The zero-order chi connectivity index (χ0) is 22.4. The summed E-state index contributed by atoms with van der Waals surface area (Å²) in [4.78, 5) is 31.9. The summed E-state index contributed by atoms with van der Waals surface area (Å²) in [6.07, 6.45) is 5.83. The first kappa shape index (κ1) is 19.3. The van der Waals surface area contributed by atoms with Crippen LogP contribution in [0.25, 0.3) is 22.4 Å². The lowest BCUT2D eigenvalue weighted by Gasteiger charge is -2.33. The van der Waals surface area contributed by atoms with E-state index in [0.29, 0.717) is 18.7 Å². The summed E-state index contributed by atoms with van der Waals surface area (Å²) in [5.41, 5.74) is 4.04. The Morgan fingerprint density at radius 3 is 2.79 bits per heavy atom. The molecule has 0 bridgehead atoms. The van der Waals surface area contributed by atoms with Crippen LogP contribution in [0.2, 0.25) is 0 Å². The van der Waals surface area contributed by atoms with Crippen molar-refractivity contribution in [3.63, 3.8) is 0 Å². The molecule has 1 N–H and O–H groups in total. The Labute approximate surface area is 188 Å². The van der Waals surface area contributed by atoms with E-state index >= 15 is 0 Å². The number of hydrogen-bond donors (Lipinski definition) is 1. The summed E-state index contributed by atoms with van der Waals surface area (Å²) in [6, 6.07) is 13.2. The second kappa shape index (κ2) is 7.63. The molecule has 1 aromatic carbocycles. The number of carbonyl (C=O) groups excluding carboxylic acids is 1. The molecule has 0 radical (unpaired) electrons. The van der Waals surface area contributed by atoms with Gasteiger partial charge in [0.05, 0.1) is 17.7 Å². The molecule has 1 aliphatic heterocycles. The molecule has 33 heavy (non-hydrogen) atoms. The van der Waals surface area contributed by atoms with Gasteiger partial charge < -0.3 is 14.3 Å². The monoisotopic (exact) mass is 437 g/mol. The van der Waals surface area contributed by atoms with Gasteiger partial charge in [0, 0.05) is 36.4 Å². The van der Waals surface area contributed by atoms with Crippen LogP contribution in [0.4, 0.5) is 0 Å². The lowest BCUT2D eigenvalue weighted by atomic mass is 9.98. The summed E-state index contributed by atoms with van der Waals surface area (Å²) < 4.78 is 5.72. The third kappa shape index (κ3) is 3.34. The SMILES string of the molecule is Cc1ccc(-c2nnc(C(=O)N3CCc4[nH]cnc4[C@H]3c3cc4ccccc4cn3)o2)nc1. The van der Waals surface area contributed by atoms with Gasteiger partial charge >= 0.3 is 11.8 Å². The van der Waals surface area contributed by atoms with Crippen LogP contribution in [-0.2, 0) is 6.42 Å². The summed E-state index contributed by atoms with van der Waals surface area (Å²) in [7, 11) is 0. The Hall–Kier alpha value is -4.40. The largest absolute Gasteiger partial charge is 0.411 e. The number of imidazole rings is 1. The molecule has 0 fully saturated rings. The normalized spacial score (nSPS) is 15.5. The number of carbonyl (C=O) groups is 1. The third-order valence-electron chi connectivity index (χ3n) is 5.86. The fourth-order valence-corrected chi connectivity index (χ4v) is 4.18. The fourth-order valence-electron chi connectivity index (χ4n) is 4.18. The lowest BCUT2D eigenvalue weighted by Crippen LogP contribution is -2.41. The van der Waals surface area contributed by atoms with E-state index in [2.05, 4.69) is 30.1 Å². The molecule has 1 amide bonds. The number of nitrogens with zero attached hydrogens (tertiary/aromatic N) is 6. The van der Waals surface area contributed by atoms with Crippen molar-refractivity contribution in [2.45, 2.75) is 19.4 Å². The van der Waals surface area contributed by atoms with Crippen LogP contribution >= 0.6 is 0 Å². The van der Waals surface area contributed by atoms with Gasteiger partial charge in [-0.25, -0.2) is 4.98 Å². The second-order valence-electron chi connectivity index (χ2n) is 8.01. The van der Waals surface area contributed by atoms with Crippen LogP contribution in [0.3, 0.4) is 0 Å². The van der Waals surface area contributed by atoms with E-state index in [0.717, 1.165) is 33.4 Å². The number of aromatic amines is 1. The molecule has 0 unspecified atom stereocenters. The van der Waals surface area contributed by atoms with Gasteiger partial charge in [0.1, 0.15) is 11.7 Å². The van der Waals surface area contributed by atoms with Crippen molar-refractivity contribution in [3.05, 3.63) is 89.7 Å². The van der Waals surface area contributed by atoms with Crippen molar-refractivity contribution < 1.29 is 9.21 Å². The maximum absolute atomic E-state index is 13.5. The van der Waals surface area contributed by atoms with Gasteiger partial charge in [0.2, 0.25) is 0 Å². The van der Waals surface area contributed by atoms with Crippen molar-refractivity contribution >= 4 is 16.7 Å². The van der Waals surface area contributed by atoms with Gasteiger partial charge in [-0.2, -0.15) is 0 Å². The highest BCUT2D eigenvalue weighted by Gasteiger charge is 2.37. The first-order valence-corrected chi connectivity index (χ1v) is 10.6. The summed E-state index contributed by atoms with van der Waals surface area (Å²) in [5, 5.41) is 10.1. The number of fused-ring (bicyclic) bond motifs is 2. The highest BCUT2D eigenvalue weighted by molar-refractivity contribution is 5.91. The first-order chi connectivity index (χ1) is 16.2. The Balaban J connectivity index is 1.39. The topological polar surface area (TPSA) is 114 Å². The standard InChI is InChI=1S/C24H19N7O2/c1-14-6-7-18(25-11-14)22-29-30-23(33-22)24(32)31-9-8-17-20(28-13-27-17)21(31)19-10-15-4-2-3-5-16(15)12-26-19/h2-7,10-13,21H,8-9H2,1H3,(H,27,28)/t21-/m1/s1. The lowest BCUT2D eigenvalue weighted by molar-refractivity contribution is 0.0647. The molecule has 0 spiro atoms. The Bertz CT molecular complexity index is 1470. The van der Waals surface area contributed by atoms with Gasteiger partial charge in [0.25, 0.3) is 5.89 Å². The number of hydrogen-bond acceptors (Lipinski definition) is 7. The number of aromatic nitrogens is 6. The molecule has 0 aliphatic carbocycles. The highest BCUT2D eigenvalue weighted by atomic mass is 16.4. The van der Waals surface area contributed by atoms with Crippen LogP contribution in [0, 0.1) is 6.92 Å². The smallest absolute Gasteiger partial charge is 0.312 e. The second-order valence-corrected chi connectivity index (χ2v) is 8.01. The molecule has 1 atom stereocenters. The quantitative estimate of drug-likeness (QED) is 0.459. The minimum atomic E-state index is -0.468. The maximum atomic E-state index is 13.5. The fraction of sp³-hybridized carbons (Fsp3) is 0.167. The Morgan fingerprint density at radius 2 is 1.94 bits per heavy atom. The molecule has 162 valence electrons. The number of H-pyrrole nitrogens is 1. The van der Waals surface area contributed by atoms with E-state index in [-0.39, 0.29) is 17.7 Å². The summed E-state index contributed by atoms with van der Waals surface area (Å²) in [5.74, 6) is -0.247. The van der Waals surface area contributed by atoms with Crippen LogP contribution in [0.5, 0.6) is 0 Å². The highest BCUT2D eigenvalue weighted by Crippen LogP contribution is 2.34. The summed E-state index contributed by atoms with van der Waals surface area (Å²) >= 11 is 0. The molecule has 9 heteroatoms. The van der Waals surface area contributed by atoms with E-state index in [1.54, 1.807) is 23.5 Å². The van der Waals surface area contributed by atoms with Gasteiger partial charge in [-0.1, -0.05) is 30.3 Å². The minimum absolute atomic E-state index is 0.0860. The van der Waals surface area contributed by atoms with Crippen molar-refractivity contribution in [1.82, 2.24) is 35.0 Å². The molecular formula is C24H19N7O2. The molecule has 9 nitrogen and oxygen atoms in total. The van der Waals surface area contributed by atoms with E-state index in [4.69, 9.17) is 4.42 Å². The molecule has 6 rings (SSSR count). The molecule has 4 aromatic heterocycles. The zero-order valence-corrected chi connectivity index (χ0v) is 17.8. The van der Waals surface area contributed by atoms with Crippen LogP contribution in [-0.4, -0.2) is 47.5 Å². The Morgan fingerprint density at radius 1 is 1.06 bits per heavy atom. The molecule has 1 aliphatic rings. The van der Waals surface area contributed by atoms with Crippen molar-refractivity contribution in [2.75, 3.05) is 6.54 Å². The number of pyridine rings is 2. The van der Waals surface area contributed by atoms with E-state index in [1.807, 2.05) is 49.5 Å². The third-order valence-corrected chi connectivity index (χ3v) is 5.86. The van der Waals surface area contributed by atoms with E-state index in [9.17, 15) is 4.79 Å². The predicted octanol–water partition coefficient (Wildman–Crippen LogP) is 3.50. The van der Waals surface area contributed by atoms with E-state index in [1.165, 1.54) is 0 Å². The molecule has 0 saturated heterocycles. The zero-order valence-electron chi connectivity index (χ0n) is 17.8. The summed E-state index contributed by atoms with van der Waals surface area (Å²) in [6.45, 7) is 2.41. The van der Waals surface area contributed by atoms with Gasteiger partial charge in [-0.3, -0.25) is 14.8 Å². The molecule has 0 saturated carbocycles. The number of nitrogens with one attached hydrogen (secondary N) is 1. The predicted molar refractivity (Wildman–Crippen MR) is 119 cm³/mol. The average molecular weight is 437 g/mol. The molecular weight excluding hydrogens is 418 g/mol. The number of aryl methyl sites for hydroxylation is 1.